The van der Waals surface area contributed by atoms with Crippen molar-refractivity contribution in [2.45, 2.75) is 51.2 Å². The number of rotatable bonds is 4. The molecule has 3 aliphatic heterocycles. The van der Waals surface area contributed by atoms with Crippen molar-refractivity contribution in [3.8, 4) is 0 Å². The van der Waals surface area contributed by atoms with Crippen LogP contribution in [-0.4, -0.2) is 41.6 Å². The number of benzene rings is 1. The second-order valence-corrected chi connectivity index (χ2v) is 8.45. The lowest BCUT2D eigenvalue weighted by Crippen LogP contribution is -2.65. The van der Waals surface area contributed by atoms with Crippen LogP contribution in [0.4, 0.5) is 0 Å². The Balaban J connectivity index is 0.00000225. The minimum Gasteiger partial charge on any atom is -0.459 e. The van der Waals surface area contributed by atoms with E-state index < -0.39 is 11.1 Å². The molecule has 4 rings (SSSR count). The first-order valence-electron chi connectivity index (χ1n) is 9.06. The molecule has 140 valence electrons. The number of hydrogen-bond donors (Lipinski definition) is 1. The van der Waals surface area contributed by atoms with Gasteiger partial charge in [0.1, 0.15) is 11.1 Å². The summed E-state index contributed by atoms with van der Waals surface area (Å²) >= 11 is 0. The molecule has 0 radical (unpaired) electrons. The molecule has 1 aromatic carbocycles. The molecule has 0 aliphatic carbocycles. The SMILES string of the molecule is CC(C)(C)OC(=O)[C@@](N)(Cc1ccccc1)[C@@H]1CN2CCC1CC2.Cl. The van der Waals surface area contributed by atoms with Crippen LogP contribution in [0.25, 0.3) is 0 Å². The molecule has 0 spiro atoms. The third kappa shape index (κ3) is 4.55. The van der Waals surface area contributed by atoms with Gasteiger partial charge in [-0.05, 0) is 58.2 Å². The van der Waals surface area contributed by atoms with Gasteiger partial charge >= 0.3 is 5.97 Å². The molecular formula is C20H31ClN2O2. The maximum Gasteiger partial charge on any atom is 0.327 e. The quantitative estimate of drug-likeness (QED) is 0.832. The van der Waals surface area contributed by atoms with Crippen LogP contribution in [0.2, 0.25) is 0 Å². The summed E-state index contributed by atoms with van der Waals surface area (Å²) < 4.78 is 5.75. The zero-order chi connectivity index (χ0) is 17.4. The highest BCUT2D eigenvalue weighted by Crippen LogP contribution is 2.40. The van der Waals surface area contributed by atoms with Crippen LogP contribution in [0.3, 0.4) is 0 Å². The summed E-state index contributed by atoms with van der Waals surface area (Å²) in [6.45, 7) is 8.90. The van der Waals surface area contributed by atoms with Gasteiger partial charge in [-0.3, -0.25) is 4.79 Å². The first-order chi connectivity index (χ1) is 11.3. The molecular weight excluding hydrogens is 336 g/mol. The average Bonchev–Trinajstić information content (AvgIpc) is 2.55. The lowest BCUT2D eigenvalue weighted by atomic mass is 9.67. The van der Waals surface area contributed by atoms with Crippen molar-refractivity contribution in [1.29, 1.82) is 0 Å². The molecule has 25 heavy (non-hydrogen) atoms. The van der Waals surface area contributed by atoms with Crippen LogP contribution in [0.15, 0.2) is 30.3 Å². The monoisotopic (exact) mass is 366 g/mol. The Bertz CT molecular complexity index is 579. The van der Waals surface area contributed by atoms with Gasteiger partial charge < -0.3 is 15.4 Å². The number of hydrogen-bond acceptors (Lipinski definition) is 4. The number of carbonyl (C=O) groups excluding carboxylic acids is 1. The largest absolute Gasteiger partial charge is 0.459 e. The van der Waals surface area contributed by atoms with Gasteiger partial charge in [-0.1, -0.05) is 30.3 Å². The molecule has 3 heterocycles. The Kier molecular flexibility index (Phi) is 6.18. The number of piperidine rings is 3. The van der Waals surface area contributed by atoms with Gasteiger partial charge in [0.05, 0.1) is 0 Å². The van der Waals surface area contributed by atoms with E-state index in [0.717, 1.165) is 38.0 Å². The van der Waals surface area contributed by atoms with Crippen molar-refractivity contribution < 1.29 is 9.53 Å². The molecule has 3 fully saturated rings. The number of nitrogens with zero attached hydrogens (tertiary/aromatic N) is 1. The number of carbonyl (C=O) groups is 1. The minimum atomic E-state index is -0.960. The Morgan fingerprint density at radius 1 is 1.20 bits per heavy atom. The van der Waals surface area contributed by atoms with Gasteiger partial charge in [0.25, 0.3) is 0 Å². The molecule has 0 aromatic heterocycles. The number of ether oxygens (including phenoxy) is 1. The van der Waals surface area contributed by atoms with Crippen molar-refractivity contribution in [2.75, 3.05) is 19.6 Å². The highest BCUT2D eigenvalue weighted by Gasteiger charge is 2.51. The summed E-state index contributed by atoms with van der Waals surface area (Å²) in [4.78, 5) is 15.5. The van der Waals surface area contributed by atoms with Crippen LogP contribution < -0.4 is 5.73 Å². The normalized spacial score (nSPS) is 27.9. The third-order valence-electron chi connectivity index (χ3n) is 5.44. The molecule has 2 bridgehead atoms. The van der Waals surface area contributed by atoms with Crippen LogP contribution in [0, 0.1) is 11.8 Å². The average molecular weight is 367 g/mol. The van der Waals surface area contributed by atoms with E-state index in [2.05, 4.69) is 4.90 Å². The second-order valence-electron chi connectivity index (χ2n) is 8.45. The summed E-state index contributed by atoms with van der Waals surface area (Å²) in [5, 5.41) is 0. The van der Waals surface area contributed by atoms with Crippen LogP contribution in [0.5, 0.6) is 0 Å². The van der Waals surface area contributed by atoms with Crippen molar-refractivity contribution in [2.24, 2.45) is 17.6 Å². The second kappa shape index (κ2) is 7.65. The number of halogens is 1. The third-order valence-corrected chi connectivity index (χ3v) is 5.44. The van der Waals surface area contributed by atoms with E-state index in [4.69, 9.17) is 10.5 Å². The minimum absolute atomic E-state index is 0. The maximum absolute atomic E-state index is 13.1. The van der Waals surface area contributed by atoms with E-state index in [-0.39, 0.29) is 24.3 Å². The van der Waals surface area contributed by atoms with Crippen molar-refractivity contribution in [3.05, 3.63) is 35.9 Å². The number of nitrogens with two attached hydrogens (primary N) is 1. The van der Waals surface area contributed by atoms with E-state index in [0.29, 0.717) is 12.3 Å². The molecule has 0 amide bonds. The summed E-state index contributed by atoms with van der Waals surface area (Å²) in [5.41, 5.74) is 6.46. The highest BCUT2D eigenvalue weighted by molar-refractivity contribution is 5.85. The highest BCUT2D eigenvalue weighted by atomic mass is 35.5. The fourth-order valence-corrected chi connectivity index (χ4v) is 4.21. The zero-order valence-corrected chi connectivity index (χ0v) is 16.3. The molecule has 0 saturated carbocycles. The standard InChI is InChI=1S/C20H30N2O2.ClH/c1-19(2,3)24-18(23)20(21,13-15-7-5-4-6-8-15)17-14-22-11-9-16(17)10-12-22;/h4-8,16-17H,9-14,21H2,1-3H3;1H/t17-,20-;/m1./s1. The predicted molar refractivity (Wildman–Crippen MR) is 103 cm³/mol. The molecule has 5 heteroatoms. The summed E-state index contributed by atoms with van der Waals surface area (Å²) in [6.07, 6.45) is 2.82. The summed E-state index contributed by atoms with van der Waals surface area (Å²) in [7, 11) is 0. The Hall–Kier alpha value is -1.10. The molecule has 2 N–H and O–H groups in total. The number of fused-ring (bicyclic) bond motifs is 3. The smallest absolute Gasteiger partial charge is 0.327 e. The molecule has 4 nitrogen and oxygen atoms in total. The van der Waals surface area contributed by atoms with Crippen molar-refractivity contribution >= 4 is 18.4 Å². The van der Waals surface area contributed by atoms with Gasteiger partial charge in [-0.15, -0.1) is 12.4 Å². The van der Waals surface area contributed by atoms with Crippen LogP contribution in [0.1, 0.15) is 39.2 Å². The van der Waals surface area contributed by atoms with Crippen LogP contribution in [-0.2, 0) is 16.0 Å². The Labute approximate surface area is 157 Å². The van der Waals surface area contributed by atoms with E-state index in [1.54, 1.807) is 0 Å². The van der Waals surface area contributed by atoms with E-state index in [1.165, 1.54) is 0 Å². The van der Waals surface area contributed by atoms with Gasteiger partial charge in [0.2, 0.25) is 0 Å². The lowest BCUT2D eigenvalue weighted by molar-refractivity contribution is -0.167. The molecule has 1 aromatic rings. The summed E-state index contributed by atoms with van der Waals surface area (Å²) in [5.74, 6) is 0.434. The lowest BCUT2D eigenvalue weighted by Gasteiger charge is -2.51. The molecule has 3 saturated heterocycles. The Morgan fingerprint density at radius 3 is 2.28 bits per heavy atom. The zero-order valence-electron chi connectivity index (χ0n) is 15.5. The van der Waals surface area contributed by atoms with Crippen LogP contribution >= 0.6 is 12.4 Å². The van der Waals surface area contributed by atoms with E-state index >= 15 is 0 Å². The first kappa shape index (κ1) is 20.2. The van der Waals surface area contributed by atoms with Gasteiger partial charge in [-0.2, -0.15) is 0 Å². The first-order valence-corrected chi connectivity index (χ1v) is 9.06. The topological polar surface area (TPSA) is 55.6 Å². The van der Waals surface area contributed by atoms with Gasteiger partial charge in [0.15, 0.2) is 0 Å². The predicted octanol–water partition coefficient (Wildman–Crippen LogP) is 3.03. The Morgan fingerprint density at radius 2 is 1.80 bits per heavy atom. The van der Waals surface area contributed by atoms with Gasteiger partial charge in [0, 0.05) is 18.9 Å². The van der Waals surface area contributed by atoms with E-state index in [1.807, 2.05) is 51.1 Å². The fourth-order valence-electron chi connectivity index (χ4n) is 4.21. The van der Waals surface area contributed by atoms with Gasteiger partial charge in [-0.25, -0.2) is 0 Å². The molecule has 0 unspecified atom stereocenters. The maximum atomic E-state index is 13.1. The van der Waals surface area contributed by atoms with Crippen molar-refractivity contribution in [1.82, 2.24) is 4.90 Å². The molecule has 2 atom stereocenters. The fraction of sp³-hybridized carbons (Fsp3) is 0.650. The van der Waals surface area contributed by atoms with E-state index in [9.17, 15) is 4.79 Å². The number of esters is 1. The summed E-state index contributed by atoms with van der Waals surface area (Å²) in [6, 6.07) is 10.1. The van der Waals surface area contributed by atoms with Crippen molar-refractivity contribution in [3.63, 3.8) is 0 Å². The molecule has 3 aliphatic rings.